The van der Waals surface area contributed by atoms with Crippen LogP contribution in [0.1, 0.15) is 43.1 Å². The van der Waals surface area contributed by atoms with Crippen LogP contribution in [-0.4, -0.2) is 26.9 Å². The Morgan fingerprint density at radius 2 is 2.17 bits per heavy atom. The molecular formula is C17H22N4O2. The van der Waals surface area contributed by atoms with Crippen LogP contribution in [0.5, 0.6) is 0 Å². The van der Waals surface area contributed by atoms with Crippen LogP contribution in [0.3, 0.4) is 0 Å². The van der Waals surface area contributed by atoms with Gasteiger partial charge in [0.25, 0.3) is 0 Å². The Kier molecular flexibility index (Phi) is 4.90. The molecule has 2 atom stereocenters. The number of alkyl carbamates (subject to hydrolysis) is 1. The Morgan fingerprint density at radius 3 is 2.91 bits per heavy atom. The third-order valence-corrected chi connectivity index (χ3v) is 4.33. The molecule has 1 saturated carbocycles. The number of benzene rings is 1. The van der Waals surface area contributed by atoms with Crippen LogP contribution in [0.25, 0.3) is 0 Å². The van der Waals surface area contributed by atoms with Crippen molar-refractivity contribution in [2.45, 2.75) is 51.3 Å². The molecule has 1 fully saturated rings. The molecule has 1 amide bonds. The van der Waals surface area contributed by atoms with Crippen LogP contribution >= 0.6 is 0 Å². The van der Waals surface area contributed by atoms with E-state index in [1.165, 1.54) is 0 Å². The van der Waals surface area contributed by atoms with Crippen molar-refractivity contribution in [1.29, 1.82) is 0 Å². The van der Waals surface area contributed by atoms with Gasteiger partial charge in [0.15, 0.2) is 0 Å². The van der Waals surface area contributed by atoms with Gasteiger partial charge < -0.3 is 14.6 Å². The zero-order chi connectivity index (χ0) is 16.1. The molecule has 1 aliphatic rings. The number of nitrogens with one attached hydrogen (secondary N) is 1. The fourth-order valence-electron chi connectivity index (χ4n) is 3.14. The zero-order valence-corrected chi connectivity index (χ0v) is 13.3. The number of aromatic nitrogens is 3. The van der Waals surface area contributed by atoms with E-state index in [0.717, 1.165) is 37.1 Å². The van der Waals surface area contributed by atoms with Crippen molar-refractivity contribution in [3.63, 3.8) is 0 Å². The van der Waals surface area contributed by atoms with Gasteiger partial charge in [-0.05, 0) is 38.2 Å². The predicted molar refractivity (Wildman–Crippen MR) is 85.8 cm³/mol. The van der Waals surface area contributed by atoms with E-state index in [0.29, 0.717) is 12.6 Å². The van der Waals surface area contributed by atoms with Gasteiger partial charge in [-0.3, -0.25) is 0 Å². The quantitative estimate of drug-likeness (QED) is 0.942. The van der Waals surface area contributed by atoms with Gasteiger partial charge in [-0.2, -0.15) is 0 Å². The molecule has 2 unspecified atom stereocenters. The van der Waals surface area contributed by atoms with Crippen LogP contribution in [0.15, 0.2) is 36.7 Å². The number of rotatable bonds is 4. The number of carbonyl (C=O) groups excluding carboxylic acids is 1. The number of aryl methyl sites for hydroxylation is 1. The van der Waals surface area contributed by atoms with E-state index in [4.69, 9.17) is 4.74 Å². The third kappa shape index (κ3) is 4.09. The van der Waals surface area contributed by atoms with Gasteiger partial charge in [-0.25, -0.2) is 4.79 Å². The lowest BCUT2D eigenvalue weighted by Crippen LogP contribution is -2.39. The highest BCUT2D eigenvalue weighted by Gasteiger charge is 2.25. The summed E-state index contributed by atoms with van der Waals surface area (Å²) in [6.07, 6.45) is 5.47. The monoisotopic (exact) mass is 314 g/mol. The molecule has 6 heteroatoms. The van der Waals surface area contributed by atoms with Crippen molar-refractivity contribution in [1.82, 2.24) is 20.1 Å². The highest BCUT2D eigenvalue weighted by Crippen LogP contribution is 2.29. The molecule has 0 bridgehead atoms. The molecule has 1 aliphatic carbocycles. The molecule has 0 spiro atoms. The average molecular weight is 314 g/mol. The summed E-state index contributed by atoms with van der Waals surface area (Å²) in [6.45, 7) is 2.26. The smallest absolute Gasteiger partial charge is 0.407 e. The van der Waals surface area contributed by atoms with Crippen molar-refractivity contribution in [2.75, 3.05) is 0 Å². The molecule has 3 rings (SSSR count). The summed E-state index contributed by atoms with van der Waals surface area (Å²) >= 11 is 0. The van der Waals surface area contributed by atoms with Gasteiger partial charge in [0.1, 0.15) is 18.8 Å². The first-order valence-electron chi connectivity index (χ1n) is 8.05. The van der Waals surface area contributed by atoms with Gasteiger partial charge in [0.05, 0.1) is 0 Å². The zero-order valence-electron chi connectivity index (χ0n) is 13.3. The highest BCUT2D eigenvalue weighted by molar-refractivity contribution is 5.67. The van der Waals surface area contributed by atoms with E-state index >= 15 is 0 Å². The standard InChI is InChI=1S/C17H22N4O2/c1-13-20-18-12-21(13)16-9-5-8-15(10-16)19-17(22)23-11-14-6-3-2-4-7-14/h2-4,6-7,12,15-16H,5,8-11H2,1H3,(H,19,22). The summed E-state index contributed by atoms with van der Waals surface area (Å²) in [5.41, 5.74) is 0.990. The van der Waals surface area contributed by atoms with Crippen LogP contribution in [0.2, 0.25) is 0 Å². The Balaban J connectivity index is 1.49. The second-order valence-electron chi connectivity index (χ2n) is 6.01. The van der Waals surface area contributed by atoms with Crippen molar-refractivity contribution < 1.29 is 9.53 Å². The molecule has 2 aromatic rings. The number of hydrogen-bond acceptors (Lipinski definition) is 4. The van der Waals surface area contributed by atoms with Gasteiger partial charge in [-0.15, -0.1) is 10.2 Å². The largest absolute Gasteiger partial charge is 0.445 e. The fourth-order valence-corrected chi connectivity index (χ4v) is 3.14. The average Bonchev–Trinajstić information content (AvgIpc) is 3.00. The summed E-state index contributed by atoms with van der Waals surface area (Å²) in [5, 5.41) is 11.0. The van der Waals surface area contributed by atoms with Crippen LogP contribution in [0, 0.1) is 6.92 Å². The van der Waals surface area contributed by atoms with Gasteiger partial charge in [-0.1, -0.05) is 30.3 Å². The molecule has 122 valence electrons. The first kappa shape index (κ1) is 15.5. The van der Waals surface area contributed by atoms with E-state index in [-0.39, 0.29) is 12.1 Å². The van der Waals surface area contributed by atoms with Crippen molar-refractivity contribution in [2.24, 2.45) is 0 Å². The van der Waals surface area contributed by atoms with Crippen molar-refractivity contribution in [3.8, 4) is 0 Å². The lowest BCUT2D eigenvalue weighted by Gasteiger charge is -2.30. The Morgan fingerprint density at radius 1 is 1.35 bits per heavy atom. The van der Waals surface area contributed by atoms with Crippen molar-refractivity contribution >= 4 is 6.09 Å². The minimum atomic E-state index is -0.347. The Hall–Kier alpha value is -2.37. The normalized spacial score (nSPS) is 20.9. The van der Waals surface area contributed by atoms with Crippen molar-refractivity contribution in [3.05, 3.63) is 48.0 Å². The minimum Gasteiger partial charge on any atom is -0.445 e. The highest BCUT2D eigenvalue weighted by atomic mass is 16.5. The fraction of sp³-hybridized carbons (Fsp3) is 0.471. The number of hydrogen-bond donors (Lipinski definition) is 1. The second kappa shape index (κ2) is 7.26. The molecule has 0 saturated heterocycles. The minimum absolute atomic E-state index is 0.138. The summed E-state index contributed by atoms with van der Waals surface area (Å²) in [5.74, 6) is 0.919. The molecule has 0 radical (unpaired) electrons. The molecule has 1 aromatic carbocycles. The van der Waals surface area contributed by atoms with E-state index in [1.54, 1.807) is 6.33 Å². The SMILES string of the molecule is Cc1nncn1C1CCCC(NC(=O)OCc2ccccc2)C1. The topological polar surface area (TPSA) is 69.0 Å². The van der Waals surface area contributed by atoms with E-state index in [1.807, 2.05) is 37.3 Å². The van der Waals surface area contributed by atoms with Gasteiger partial charge >= 0.3 is 6.09 Å². The third-order valence-electron chi connectivity index (χ3n) is 4.33. The lowest BCUT2D eigenvalue weighted by atomic mass is 9.91. The molecule has 1 aromatic heterocycles. The second-order valence-corrected chi connectivity index (χ2v) is 6.01. The summed E-state index contributed by atoms with van der Waals surface area (Å²) in [4.78, 5) is 12.0. The van der Waals surface area contributed by atoms with Crippen LogP contribution < -0.4 is 5.32 Å². The van der Waals surface area contributed by atoms with Gasteiger partial charge in [0, 0.05) is 12.1 Å². The maximum Gasteiger partial charge on any atom is 0.407 e. The molecule has 23 heavy (non-hydrogen) atoms. The summed E-state index contributed by atoms with van der Waals surface area (Å²) in [7, 11) is 0. The molecule has 0 aliphatic heterocycles. The Bertz CT molecular complexity index is 641. The lowest BCUT2D eigenvalue weighted by molar-refractivity contribution is 0.130. The maximum absolute atomic E-state index is 12.0. The molecular weight excluding hydrogens is 292 g/mol. The Labute approximate surface area is 135 Å². The number of ether oxygens (including phenoxy) is 1. The summed E-state index contributed by atoms with van der Waals surface area (Å²) < 4.78 is 7.40. The van der Waals surface area contributed by atoms with Gasteiger partial charge in [0.2, 0.25) is 0 Å². The van der Waals surface area contributed by atoms with E-state index < -0.39 is 0 Å². The number of amides is 1. The van der Waals surface area contributed by atoms with E-state index in [2.05, 4.69) is 20.1 Å². The number of carbonyl (C=O) groups is 1. The van der Waals surface area contributed by atoms with Crippen LogP contribution in [-0.2, 0) is 11.3 Å². The predicted octanol–water partition coefficient (Wildman–Crippen LogP) is 3.00. The molecule has 1 N–H and O–H groups in total. The summed E-state index contributed by atoms with van der Waals surface area (Å²) in [6, 6.07) is 10.2. The van der Waals surface area contributed by atoms with E-state index in [9.17, 15) is 4.79 Å². The first-order chi connectivity index (χ1) is 11.2. The van der Waals surface area contributed by atoms with Crippen LogP contribution in [0.4, 0.5) is 4.79 Å². The molecule has 1 heterocycles. The number of nitrogens with zero attached hydrogens (tertiary/aromatic N) is 3. The first-order valence-corrected chi connectivity index (χ1v) is 8.05. The molecule has 6 nitrogen and oxygen atoms in total. The maximum atomic E-state index is 12.0.